The van der Waals surface area contributed by atoms with Crippen molar-refractivity contribution in [2.24, 2.45) is 5.73 Å². The molecule has 6 heteroatoms. The number of hydrogen-bond acceptors (Lipinski definition) is 2. The zero-order valence-electron chi connectivity index (χ0n) is 9.58. The SMILES string of the molecule is NC(=S)c1ccc(Cl)cc1Nc1ccc(F)c(Cl)c1. The number of hydrogen-bond donors (Lipinski definition) is 2. The highest BCUT2D eigenvalue weighted by atomic mass is 35.5. The Balaban J connectivity index is 2.39. The van der Waals surface area contributed by atoms with E-state index < -0.39 is 5.82 Å². The number of anilines is 2. The standard InChI is InChI=1S/C13H9Cl2FN2S/c14-7-1-3-9(13(17)19)12(5-7)18-8-2-4-11(16)10(15)6-8/h1-6,18H,(H2,17,19). The van der Waals surface area contributed by atoms with Crippen LogP contribution in [0, 0.1) is 5.82 Å². The number of thiocarbonyl (C=S) groups is 1. The van der Waals surface area contributed by atoms with Crippen LogP contribution in [0.25, 0.3) is 0 Å². The van der Waals surface area contributed by atoms with Gasteiger partial charge in [-0.25, -0.2) is 4.39 Å². The molecule has 0 amide bonds. The third-order valence-corrected chi connectivity index (χ3v) is 3.19. The lowest BCUT2D eigenvalue weighted by Gasteiger charge is -2.12. The molecular formula is C13H9Cl2FN2S. The maximum Gasteiger partial charge on any atom is 0.141 e. The monoisotopic (exact) mass is 314 g/mol. The van der Waals surface area contributed by atoms with Crippen molar-refractivity contribution in [3.05, 3.63) is 57.8 Å². The Kier molecular flexibility index (Phi) is 4.24. The molecule has 98 valence electrons. The number of nitrogens with one attached hydrogen (secondary N) is 1. The summed E-state index contributed by atoms with van der Waals surface area (Å²) in [5.41, 5.74) is 7.55. The van der Waals surface area contributed by atoms with Gasteiger partial charge in [0.2, 0.25) is 0 Å². The summed E-state index contributed by atoms with van der Waals surface area (Å²) < 4.78 is 13.1. The van der Waals surface area contributed by atoms with E-state index >= 15 is 0 Å². The second kappa shape index (κ2) is 5.74. The largest absolute Gasteiger partial charge is 0.389 e. The highest BCUT2D eigenvalue weighted by molar-refractivity contribution is 7.80. The smallest absolute Gasteiger partial charge is 0.141 e. The molecule has 2 nitrogen and oxygen atoms in total. The molecule has 0 bridgehead atoms. The van der Waals surface area contributed by atoms with E-state index in [-0.39, 0.29) is 10.0 Å². The molecule has 0 heterocycles. The maximum absolute atomic E-state index is 13.1. The summed E-state index contributed by atoms with van der Waals surface area (Å²) in [5.74, 6) is -0.479. The van der Waals surface area contributed by atoms with Crippen LogP contribution in [0.5, 0.6) is 0 Å². The van der Waals surface area contributed by atoms with Crippen molar-refractivity contribution in [2.45, 2.75) is 0 Å². The van der Waals surface area contributed by atoms with Gasteiger partial charge in [0.05, 0.1) is 10.7 Å². The van der Waals surface area contributed by atoms with E-state index in [2.05, 4.69) is 5.32 Å². The van der Waals surface area contributed by atoms with Crippen LogP contribution in [0.3, 0.4) is 0 Å². The molecule has 2 rings (SSSR count). The van der Waals surface area contributed by atoms with Gasteiger partial charge in [0, 0.05) is 16.3 Å². The van der Waals surface area contributed by atoms with E-state index in [4.69, 9.17) is 41.2 Å². The third kappa shape index (κ3) is 3.35. The first-order chi connectivity index (χ1) is 8.97. The van der Waals surface area contributed by atoms with Crippen LogP contribution < -0.4 is 11.1 Å². The zero-order chi connectivity index (χ0) is 14.0. The summed E-state index contributed by atoms with van der Waals surface area (Å²) in [6.07, 6.45) is 0. The summed E-state index contributed by atoms with van der Waals surface area (Å²) in [6.45, 7) is 0. The van der Waals surface area contributed by atoms with Crippen molar-refractivity contribution in [1.82, 2.24) is 0 Å². The summed E-state index contributed by atoms with van der Waals surface area (Å²) >= 11 is 16.6. The van der Waals surface area contributed by atoms with Gasteiger partial charge in [0.25, 0.3) is 0 Å². The Morgan fingerprint density at radius 3 is 2.53 bits per heavy atom. The highest BCUT2D eigenvalue weighted by Crippen LogP contribution is 2.27. The number of halogens is 3. The molecule has 0 spiro atoms. The van der Waals surface area contributed by atoms with E-state index in [9.17, 15) is 4.39 Å². The molecular weight excluding hydrogens is 306 g/mol. The highest BCUT2D eigenvalue weighted by Gasteiger charge is 2.08. The van der Waals surface area contributed by atoms with E-state index in [1.54, 1.807) is 24.3 Å². The fourth-order valence-electron chi connectivity index (χ4n) is 1.56. The lowest BCUT2D eigenvalue weighted by atomic mass is 10.1. The van der Waals surface area contributed by atoms with Gasteiger partial charge in [-0.1, -0.05) is 35.4 Å². The molecule has 0 saturated carbocycles. The Morgan fingerprint density at radius 2 is 1.89 bits per heavy atom. The minimum Gasteiger partial charge on any atom is -0.389 e. The van der Waals surface area contributed by atoms with Crippen molar-refractivity contribution in [1.29, 1.82) is 0 Å². The Labute approximate surface area is 125 Å². The third-order valence-electron chi connectivity index (χ3n) is 2.45. The molecule has 0 radical (unpaired) electrons. The number of benzene rings is 2. The van der Waals surface area contributed by atoms with Gasteiger partial charge < -0.3 is 11.1 Å². The molecule has 0 unspecified atom stereocenters. The molecule has 2 aromatic carbocycles. The van der Waals surface area contributed by atoms with Crippen molar-refractivity contribution in [3.63, 3.8) is 0 Å². The molecule has 3 N–H and O–H groups in total. The predicted molar refractivity (Wildman–Crippen MR) is 82.0 cm³/mol. The maximum atomic E-state index is 13.1. The molecule has 19 heavy (non-hydrogen) atoms. The van der Waals surface area contributed by atoms with Crippen LogP contribution in [0.1, 0.15) is 5.56 Å². The molecule has 0 fully saturated rings. The minimum absolute atomic E-state index is 0.0314. The number of rotatable bonds is 3. The van der Waals surface area contributed by atoms with E-state index in [0.29, 0.717) is 22.0 Å². The average Bonchev–Trinajstić information content (AvgIpc) is 2.33. The van der Waals surface area contributed by atoms with Crippen LogP contribution in [0.15, 0.2) is 36.4 Å². The van der Waals surface area contributed by atoms with Crippen molar-refractivity contribution in [2.75, 3.05) is 5.32 Å². The van der Waals surface area contributed by atoms with Crippen molar-refractivity contribution < 1.29 is 4.39 Å². The van der Waals surface area contributed by atoms with Crippen molar-refractivity contribution >= 4 is 51.8 Å². The second-order valence-corrected chi connectivity index (χ2v) is 5.09. The topological polar surface area (TPSA) is 38.0 Å². The Morgan fingerprint density at radius 1 is 1.16 bits per heavy atom. The zero-order valence-corrected chi connectivity index (χ0v) is 11.9. The van der Waals surface area contributed by atoms with E-state index in [0.717, 1.165) is 0 Å². The fourth-order valence-corrected chi connectivity index (χ4v) is 2.09. The van der Waals surface area contributed by atoms with E-state index in [1.165, 1.54) is 12.1 Å². The summed E-state index contributed by atoms with van der Waals surface area (Å²) in [4.78, 5) is 0.243. The normalized spacial score (nSPS) is 10.3. The second-order valence-electron chi connectivity index (χ2n) is 3.81. The molecule has 0 aliphatic rings. The lowest BCUT2D eigenvalue weighted by molar-refractivity contribution is 0.628. The van der Waals surface area contributed by atoms with Crippen LogP contribution in [0.2, 0.25) is 10.0 Å². The van der Waals surface area contributed by atoms with Gasteiger partial charge in [0.15, 0.2) is 0 Å². The first kappa shape index (κ1) is 14.1. The summed E-state index contributed by atoms with van der Waals surface area (Å²) in [5, 5.41) is 3.63. The number of nitrogens with two attached hydrogens (primary N) is 1. The van der Waals surface area contributed by atoms with Gasteiger partial charge in [-0.15, -0.1) is 0 Å². The van der Waals surface area contributed by atoms with Crippen LogP contribution in [-0.2, 0) is 0 Å². The fraction of sp³-hybridized carbons (Fsp3) is 0. The lowest BCUT2D eigenvalue weighted by Crippen LogP contribution is -2.11. The Bertz CT molecular complexity index is 647. The molecule has 0 aliphatic heterocycles. The molecule has 0 aromatic heterocycles. The molecule has 0 aliphatic carbocycles. The van der Waals surface area contributed by atoms with Gasteiger partial charge in [-0.3, -0.25) is 0 Å². The first-order valence-corrected chi connectivity index (χ1v) is 6.45. The van der Waals surface area contributed by atoms with E-state index in [1.807, 2.05) is 0 Å². The van der Waals surface area contributed by atoms with Crippen LogP contribution in [0.4, 0.5) is 15.8 Å². The summed E-state index contributed by atoms with van der Waals surface area (Å²) in [7, 11) is 0. The van der Waals surface area contributed by atoms with Gasteiger partial charge in [0.1, 0.15) is 10.8 Å². The van der Waals surface area contributed by atoms with Crippen molar-refractivity contribution in [3.8, 4) is 0 Å². The van der Waals surface area contributed by atoms with Crippen LogP contribution >= 0.6 is 35.4 Å². The minimum atomic E-state index is -0.479. The molecule has 0 atom stereocenters. The van der Waals surface area contributed by atoms with Gasteiger partial charge >= 0.3 is 0 Å². The van der Waals surface area contributed by atoms with Gasteiger partial charge in [-0.2, -0.15) is 0 Å². The Hall–Kier alpha value is -1.36. The first-order valence-electron chi connectivity index (χ1n) is 5.29. The molecule has 0 saturated heterocycles. The summed E-state index contributed by atoms with van der Waals surface area (Å²) in [6, 6.07) is 9.41. The quantitative estimate of drug-likeness (QED) is 0.819. The molecule has 2 aromatic rings. The predicted octanol–water partition coefficient (Wildman–Crippen LogP) is 4.51. The average molecular weight is 315 g/mol. The van der Waals surface area contributed by atoms with Gasteiger partial charge in [-0.05, 0) is 36.4 Å². The van der Waals surface area contributed by atoms with Crippen LogP contribution in [-0.4, -0.2) is 4.99 Å².